The SMILES string of the molecule is N#Cc1c(-c2cc3n(n2)CCCNC3)cc(-c2ccc(C(=O)O)cc2)nc1N. The number of hydrogen-bond donors (Lipinski definition) is 3. The van der Waals surface area contributed by atoms with Crippen molar-refractivity contribution in [1.82, 2.24) is 20.1 Å². The summed E-state index contributed by atoms with van der Waals surface area (Å²) in [7, 11) is 0. The molecule has 8 heteroatoms. The van der Waals surface area contributed by atoms with E-state index in [9.17, 15) is 10.1 Å². The van der Waals surface area contributed by atoms with Crippen molar-refractivity contribution in [3.05, 3.63) is 53.2 Å². The quantitative estimate of drug-likeness (QED) is 0.641. The first kappa shape index (κ1) is 17.7. The predicted molar refractivity (Wildman–Crippen MR) is 103 cm³/mol. The maximum Gasteiger partial charge on any atom is 0.335 e. The lowest BCUT2D eigenvalue weighted by Crippen LogP contribution is -2.11. The predicted octanol–water partition coefficient (Wildman–Crippen LogP) is 2.26. The molecule has 4 rings (SSSR count). The number of aromatic carboxylic acids is 1. The summed E-state index contributed by atoms with van der Waals surface area (Å²) in [5, 5.41) is 26.7. The van der Waals surface area contributed by atoms with E-state index >= 15 is 0 Å². The van der Waals surface area contributed by atoms with Crippen LogP contribution in [0.1, 0.15) is 28.0 Å². The molecule has 0 atom stereocenters. The van der Waals surface area contributed by atoms with Gasteiger partial charge in [0.2, 0.25) is 0 Å². The number of benzene rings is 1. The number of hydrogen-bond acceptors (Lipinski definition) is 6. The number of nitrogens with two attached hydrogens (primary N) is 1. The zero-order chi connectivity index (χ0) is 19.7. The first-order valence-electron chi connectivity index (χ1n) is 8.89. The average molecular weight is 374 g/mol. The Morgan fingerprint density at radius 2 is 2.04 bits per heavy atom. The summed E-state index contributed by atoms with van der Waals surface area (Å²) in [5.41, 5.74) is 10.2. The van der Waals surface area contributed by atoms with Gasteiger partial charge in [0.05, 0.1) is 22.6 Å². The molecule has 4 N–H and O–H groups in total. The van der Waals surface area contributed by atoms with Crippen LogP contribution in [0.25, 0.3) is 22.5 Å². The number of aromatic nitrogens is 3. The van der Waals surface area contributed by atoms with Gasteiger partial charge in [-0.2, -0.15) is 10.4 Å². The molecule has 0 fully saturated rings. The third-order valence-corrected chi connectivity index (χ3v) is 4.76. The highest BCUT2D eigenvalue weighted by atomic mass is 16.4. The Kier molecular flexibility index (Phi) is 4.51. The van der Waals surface area contributed by atoms with Crippen molar-refractivity contribution in [3.63, 3.8) is 0 Å². The first-order chi connectivity index (χ1) is 13.6. The molecule has 0 aliphatic carbocycles. The summed E-state index contributed by atoms with van der Waals surface area (Å²) in [5.74, 6) is -0.869. The number of anilines is 1. The molecule has 28 heavy (non-hydrogen) atoms. The van der Waals surface area contributed by atoms with Crippen LogP contribution in [-0.2, 0) is 13.1 Å². The number of carboxylic acids is 1. The lowest BCUT2D eigenvalue weighted by molar-refractivity contribution is 0.0697. The molecule has 0 saturated carbocycles. The highest BCUT2D eigenvalue weighted by Gasteiger charge is 2.18. The number of nitrogen functional groups attached to an aromatic ring is 1. The summed E-state index contributed by atoms with van der Waals surface area (Å²) in [6, 6.07) is 12.2. The number of carbonyl (C=O) groups is 1. The molecular weight excluding hydrogens is 356 g/mol. The van der Waals surface area contributed by atoms with Crippen molar-refractivity contribution in [2.75, 3.05) is 12.3 Å². The van der Waals surface area contributed by atoms with Gasteiger partial charge in [-0.15, -0.1) is 0 Å². The molecule has 2 aromatic heterocycles. The van der Waals surface area contributed by atoms with Crippen molar-refractivity contribution in [1.29, 1.82) is 5.26 Å². The van der Waals surface area contributed by atoms with Gasteiger partial charge in [-0.1, -0.05) is 12.1 Å². The van der Waals surface area contributed by atoms with E-state index in [2.05, 4.69) is 21.5 Å². The van der Waals surface area contributed by atoms with Crippen molar-refractivity contribution >= 4 is 11.8 Å². The average Bonchev–Trinajstić information content (AvgIpc) is 2.97. The molecule has 8 nitrogen and oxygen atoms in total. The van der Waals surface area contributed by atoms with Crippen LogP contribution < -0.4 is 11.1 Å². The number of aryl methyl sites for hydroxylation is 1. The fourth-order valence-corrected chi connectivity index (χ4v) is 3.31. The molecular formula is C20H18N6O2. The van der Waals surface area contributed by atoms with Crippen molar-refractivity contribution in [2.45, 2.75) is 19.5 Å². The zero-order valence-corrected chi connectivity index (χ0v) is 15.0. The molecule has 0 unspecified atom stereocenters. The van der Waals surface area contributed by atoms with Crippen LogP contribution in [0.3, 0.4) is 0 Å². The summed E-state index contributed by atoms with van der Waals surface area (Å²) < 4.78 is 1.95. The van der Waals surface area contributed by atoms with Gasteiger partial charge in [0, 0.05) is 24.2 Å². The number of rotatable bonds is 3. The van der Waals surface area contributed by atoms with E-state index < -0.39 is 5.97 Å². The minimum absolute atomic E-state index is 0.124. The van der Waals surface area contributed by atoms with Crippen LogP contribution in [-0.4, -0.2) is 32.4 Å². The highest BCUT2D eigenvalue weighted by molar-refractivity contribution is 5.88. The van der Waals surface area contributed by atoms with Gasteiger partial charge in [0.1, 0.15) is 17.5 Å². The van der Waals surface area contributed by atoms with Gasteiger partial charge in [-0.3, -0.25) is 4.68 Å². The van der Waals surface area contributed by atoms with Crippen molar-refractivity contribution in [3.8, 4) is 28.6 Å². The largest absolute Gasteiger partial charge is 0.478 e. The number of carboxylic acid groups (broad SMARTS) is 1. The second-order valence-corrected chi connectivity index (χ2v) is 6.58. The second kappa shape index (κ2) is 7.13. The van der Waals surface area contributed by atoms with E-state index in [0.717, 1.165) is 31.7 Å². The normalized spacial score (nSPS) is 13.4. The van der Waals surface area contributed by atoms with E-state index in [-0.39, 0.29) is 16.9 Å². The van der Waals surface area contributed by atoms with Crippen LogP contribution >= 0.6 is 0 Å². The molecule has 0 amide bonds. The number of nitrogens with one attached hydrogen (secondary N) is 1. The first-order valence-corrected chi connectivity index (χ1v) is 8.89. The summed E-state index contributed by atoms with van der Waals surface area (Å²) >= 11 is 0. The van der Waals surface area contributed by atoms with Crippen molar-refractivity contribution in [2.24, 2.45) is 0 Å². The van der Waals surface area contributed by atoms with Gasteiger partial charge in [-0.25, -0.2) is 9.78 Å². The van der Waals surface area contributed by atoms with Crippen LogP contribution in [0.2, 0.25) is 0 Å². The number of nitriles is 1. The Morgan fingerprint density at radius 1 is 1.25 bits per heavy atom. The van der Waals surface area contributed by atoms with E-state index in [4.69, 9.17) is 10.8 Å². The maximum absolute atomic E-state index is 11.1. The van der Waals surface area contributed by atoms with Crippen LogP contribution in [0, 0.1) is 11.3 Å². The Bertz CT molecular complexity index is 1070. The van der Waals surface area contributed by atoms with Gasteiger partial charge in [-0.05, 0) is 37.2 Å². The molecule has 0 radical (unpaired) electrons. The molecule has 0 spiro atoms. The van der Waals surface area contributed by atoms with Gasteiger partial charge in [0.15, 0.2) is 0 Å². The summed E-state index contributed by atoms with van der Waals surface area (Å²) in [6.45, 7) is 2.48. The smallest absolute Gasteiger partial charge is 0.335 e. The summed E-state index contributed by atoms with van der Waals surface area (Å²) in [4.78, 5) is 15.4. The molecule has 140 valence electrons. The molecule has 3 heterocycles. The molecule has 1 aromatic carbocycles. The topological polar surface area (TPSA) is 130 Å². The minimum atomic E-state index is -0.993. The van der Waals surface area contributed by atoms with E-state index in [1.54, 1.807) is 18.2 Å². The molecule has 1 aliphatic heterocycles. The number of fused-ring (bicyclic) bond motifs is 1. The zero-order valence-electron chi connectivity index (χ0n) is 15.0. The van der Waals surface area contributed by atoms with Gasteiger partial charge in [0.25, 0.3) is 0 Å². The van der Waals surface area contributed by atoms with Gasteiger partial charge < -0.3 is 16.2 Å². The molecule has 1 aliphatic rings. The Balaban J connectivity index is 1.81. The highest BCUT2D eigenvalue weighted by Crippen LogP contribution is 2.31. The Hall–Kier alpha value is -3.70. The van der Waals surface area contributed by atoms with Crippen LogP contribution in [0.5, 0.6) is 0 Å². The van der Waals surface area contributed by atoms with Crippen LogP contribution in [0.15, 0.2) is 36.4 Å². The lowest BCUT2D eigenvalue weighted by atomic mass is 10.0. The fourth-order valence-electron chi connectivity index (χ4n) is 3.31. The lowest BCUT2D eigenvalue weighted by Gasteiger charge is -2.09. The molecule has 0 bridgehead atoms. The third kappa shape index (κ3) is 3.19. The Labute approximate surface area is 161 Å². The molecule has 0 saturated heterocycles. The fraction of sp³-hybridized carbons (Fsp3) is 0.200. The standard InChI is InChI=1S/C20H18N6O2/c21-10-16-15(18-8-14-11-23-6-1-7-26(14)25-18)9-17(24-19(16)22)12-2-4-13(5-3-12)20(27)28/h2-5,8-9,23H,1,6-7,11H2,(H2,22,24)(H,27,28). The van der Waals surface area contributed by atoms with Crippen molar-refractivity contribution < 1.29 is 9.90 Å². The van der Waals surface area contributed by atoms with Crippen LogP contribution in [0.4, 0.5) is 5.82 Å². The maximum atomic E-state index is 11.1. The number of pyridine rings is 1. The monoisotopic (exact) mass is 374 g/mol. The van der Waals surface area contributed by atoms with E-state index in [1.807, 2.05) is 10.7 Å². The Morgan fingerprint density at radius 3 is 2.75 bits per heavy atom. The third-order valence-electron chi connectivity index (χ3n) is 4.76. The van der Waals surface area contributed by atoms with E-state index in [1.165, 1.54) is 12.1 Å². The van der Waals surface area contributed by atoms with Gasteiger partial charge >= 0.3 is 5.97 Å². The summed E-state index contributed by atoms with van der Waals surface area (Å²) in [6.07, 6.45) is 0.985. The minimum Gasteiger partial charge on any atom is -0.478 e. The van der Waals surface area contributed by atoms with E-state index in [0.29, 0.717) is 22.5 Å². The number of nitrogens with zero attached hydrogens (tertiary/aromatic N) is 4. The second-order valence-electron chi connectivity index (χ2n) is 6.58. The molecule has 3 aromatic rings.